The monoisotopic (exact) mass is 259 g/mol. The fraction of sp³-hybridized carbons (Fsp3) is 0.286. The van der Waals surface area contributed by atoms with Crippen LogP contribution < -0.4 is 10.1 Å². The molecular formula is C14H14FN3O. The maximum Gasteiger partial charge on any atom is 0.159 e. The first-order valence-corrected chi connectivity index (χ1v) is 6.26. The van der Waals surface area contributed by atoms with Crippen molar-refractivity contribution in [1.82, 2.24) is 15.3 Å². The third-order valence-electron chi connectivity index (χ3n) is 3.05. The van der Waals surface area contributed by atoms with E-state index in [0.717, 1.165) is 25.1 Å². The summed E-state index contributed by atoms with van der Waals surface area (Å²) in [6.07, 6.45) is 4.51. The van der Waals surface area contributed by atoms with E-state index in [1.807, 2.05) is 0 Å². The zero-order valence-electron chi connectivity index (χ0n) is 10.3. The van der Waals surface area contributed by atoms with E-state index in [9.17, 15) is 4.39 Å². The summed E-state index contributed by atoms with van der Waals surface area (Å²) in [4.78, 5) is 8.48. The lowest BCUT2D eigenvalue weighted by Crippen LogP contribution is -2.19. The van der Waals surface area contributed by atoms with Gasteiger partial charge in [0, 0.05) is 12.1 Å². The molecule has 2 aromatic rings. The van der Waals surface area contributed by atoms with Gasteiger partial charge in [-0.05, 0) is 37.2 Å². The lowest BCUT2D eigenvalue weighted by Gasteiger charge is -2.11. The van der Waals surface area contributed by atoms with Gasteiger partial charge in [-0.15, -0.1) is 0 Å². The Hall–Kier alpha value is -2.01. The average molecular weight is 259 g/mol. The first-order valence-electron chi connectivity index (χ1n) is 6.26. The van der Waals surface area contributed by atoms with Crippen LogP contribution in [-0.4, -0.2) is 29.2 Å². The average Bonchev–Trinajstić information content (AvgIpc) is 2.94. The number of hydrogen-bond acceptors (Lipinski definition) is 4. The van der Waals surface area contributed by atoms with E-state index in [1.54, 1.807) is 24.5 Å². The Balaban J connectivity index is 1.72. The fourth-order valence-electron chi connectivity index (χ4n) is 2.05. The highest BCUT2D eigenvalue weighted by atomic mass is 19.1. The van der Waals surface area contributed by atoms with Gasteiger partial charge in [-0.2, -0.15) is 0 Å². The minimum atomic E-state index is -0.266. The SMILES string of the molecule is Fc1ccc(-c2ncc(OC3CCNC3)cn2)cc1. The lowest BCUT2D eigenvalue weighted by atomic mass is 10.2. The Morgan fingerprint density at radius 3 is 2.53 bits per heavy atom. The van der Waals surface area contributed by atoms with Crippen molar-refractivity contribution in [2.45, 2.75) is 12.5 Å². The van der Waals surface area contributed by atoms with Crippen LogP contribution in [0.1, 0.15) is 6.42 Å². The summed E-state index contributed by atoms with van der Waals surface area (Å²) in [5.41, 5.74) is 0.787. The molecule has 98 valence electrons. The van der Waals surface area contributed by atoms with Crippen molar-refractivity contribution in [3.8, 4) is 17.1 Å². The van der Waals surface area contributed by atoms with E-state index in [0.29, 0.717) is 11.6 Å². The van der Waals surface area contributed by atoms with Gasteiger partial charge in [-0.1, -0.05) is 0 Å². The van der Waals surface area contributed by atoms with Gasteiger partial charge in [-0.3, -0.25) is 0 Å². The number of aromatic nitrogens is 2. The largest absolute Gasteiger partial charge is 0.486 e. The van der Waals surface area contributed by atoms with Gasteiger partial charge < -0.3 is 10.1 Å². The Bertz CT molecular complexity index is 536. The summed E-state index contributed by atoms with van der Waals surface area (Å²) in [5, 5.41) is 3.23. The molecule has 1 fully saturated rings. The smallest absolute Gasteiger partial charge is 0.159 e. The molecule has 0 spiro atoms. The summed E-state index contributed by atoms with van der Waals surface area (Å²) in [6.45, 7) is 1.85. The van der Waals surface area contributed by atoms with Gasteiger partial charge in [0.25, 0.3) is 0 Å². The van der Waals surface area contributed by atoms with Gasteiger partial charge in [0.1, 0.15) is 11.9 Å². The predicted molar refractivity (Wildman–Crippen MR) is 69.3 cm³/mol. The van der Waals surface area contributed by atoms with E-state index in [-0.39, 0.29) is 11.9 Å². The second-order valence-corrected chi connectivity index (χ2v) is 4.48. The van der Waals surface area contributed by atoms with Crippen molar-refractivity contribution >= 4 is 0 Å². The van der Waals surface area contributed by atoms with E-state index >= 15 is 0 Å². The third-order valence-corrected chi connectivity index (χ3v) is 3.05. The lowest BCUT2D eigenvalue weighted by molar-refractivity contribution is 0.221. The molecule has 5 heteroatoms. The van der Waals surface area contributed by atoms with Crippen LogP contribution in [0.2, 0.25) is 0 Å². The molecule has 1 saturated heterocycles. The van der Waals surface area contributed by atoms with E-state index < -0.39 is 0 Å². The topological polar surface area (TPSA) is 47.0 Å². The van der Waals surface area contributed by atoms with Crippen LogP contribution in [0, 0.1) is 5.82 Å². The number of nitrogens with one attached hydrogen (secondary N) is 1. The molecule has 0 saturated carbocycles. The molecule has 1 aliphatic heterocycles. The second-order valence-electron chi connectivity index (χ2n) is 4.48. The highest BCUT2D eigenvalue weighted by Crippen LogP contribution is 2.18. The zero-order chi connectivity index (χ0) is 13.1. The molecule has 19 heavy (non-hydrogen) atoms. The summed E-state index contributed by atoms with van der Waals surface area (Å²) in [5.74, 6) is 0.967. The first kappa shape index (κ1) is 12.0. The highest BCUT2D eigenvalue weighted by molar-refractivity contribution is 5.54. The maximum atomic E-state index is 12.8. The molecule has 1 aromatic heterocycles. The summed E-state index contributed by atoms with van der Waals surface area (Å²) >= 11 is 0. The number of nitrogens with zero attached hydrogens (tertiary/aromatic N) is 2. The molecule has 0 bridgehead atoms. The number of ether oxygens (including phenoxy) is 1. The van der Waals surface area contributed by atoms with Gasteiger partial charge in [0.2, 0.25) is 0 Å². The maximum absolute atomic E-state index is 12.8. The van der Waals surface area contributed by atoms with Crippen molar-refractivity contribution in [3.05, 3.63) is 42.5 Å². The second kappa shape index (κ2) is 5.32. The fourth-order valence-corrected chi connectivity index (χ4v) is 2.05. The Kier molecular flexibility index (Phi) is 3.37. The quantitative estimate of drug-likeness (QED) is 0.916. The van der Waals surface area contributed by atoms with Crippen LogP contribution in [-0.2, 0) is 0 Å². The molecule has 1 unspecified atom stereocenters. The van der Waals surface area contributed by atoms with Crippen molar-refractivity contribution in [1.29, 1.82) is 0 Å². The Morgan fingerprint density at radius 2 is 1.89 bits per heavy atom. The number of rotatable bonds is 3. The van der Waals surface area contributed by atoms with Crippen molar-refractivity contribution in [3.63, 3.8) is 0 Å². The summed E-state index contributed by atoms with van der Waals surface area (Å²) in [7, 11) is 0. The van der Waals surface area contributed by atoms with Crippen LogP contribution in [0.4, 0.5) is 4.39 Å². The summed E-state index contributed by atoms with van der Waals surface area (Å²) in [6, 6.07) is 6.11. The van der Waals surface area contributed by atoms with Crippen LogP contribution in [0.25, 0.3) is 11.4 Å². The van der Waals surface area contributed by atoms with Gasteiger partial charge in [0.15, 0.2) is 11.6 Å². The zero-order valence-corrected chi connectivity index (χ0v) is 10.3. The number of halogens is 1. The molecule has 1 aliphatic rings. The minimum Gasteiger partial charge on any atom is -0.486 e. The van der Waals surface area contributed by atoms with Crippen molar-refractivity contribution in [2.75, 3.05) is 13.1 Å². The van der Waals surface area contributed by atoms with Gasteiger partial charge in [0.05, 0.1) is 12.4 Å². The van der Waals surface area contributed by atoms with Crippen molar-refractivity contribution in [2.24, 2.45) is 0 Å². The molecular weight excluding hydrogens is 245 g/mol. The normalized spacial score (nSPS) is 18.5. The predicted octanol–water partition coefficient (Wildman–Crippen LogP) is 2.02. The van der Waals surface area contributed by atoms with E-state index in [4.69, 9.17) is 4.74 Å². The molecule has 1 atom stereocenters. The standard InChI is InChI=1S/C14H14FN3O/c15-11-3-1-10(2-4-11)14-17-8-13(9-18-14)19-12-5-6-16-7-12/h1-4,8-9,12,16H,5-7H2. The van der Waals surface area contributed by atoms with Crippen LogP contribution >= 0.6 is 0 Å². The van der Waals surface area contributed by atoms with Crippen LogP contribution in [0.15, 0.2) is 36.7 Å². The molecule has 1 N–H and O–H groups in total. The molecule has 0 aliphatic carbocycles. The molecule has 0 radical (unpaired) electrons. The number of hydrogen-bond donors (Lipinski definition) is 1. The van der Waals surface area contributed by atoms with Gasteiger partial charge >= 0.3 is 0 Å². The Labute approximate surface area is 110 Å². The first-order chi connectivity index (χ1) is 9.31. The van der Waals surface area contributed by atoms with Crippen LogP contribution in [0.5, 0.6) is 5.75 Å². The van der Waals surface area contributed by atoms with Crippen molar-refractivity contribution < 1.29 is 9.13 Å². The molecule has 1 aromatic carbocycles. The minimum absolute atomic E-state index is 0.195. The van der Waals surface area contributed by atoms with Gasteiger partial charge in [-0.25, -0.2) is 14.4 Å². The number of benzene rings is 1. The Morgan fingerprint density at radius 1 is 1.16 bits per heavy atom. The molecule has 2 heterocycles. The summed E-state index contributed by atoms with van der Waals surface area (Å²) < 4.78 is 18.6. The van der Waals surface area contributed by atoms with Crippen LogP contribution in [0.3, 0.4) is 0 Å². The van der Waals surface area contributed by atoms with E-state index in [2.05, 4.69) is 15.3 Å². The molecule has 0 amide bonds. The molecule has 3 rings (SSSR count). The van der Waals surface area contributed by atoms with E-state index in [1.165, 1.54) is 12.1 Å². The highest BCUT2D eigenvalue weighted by Gasteiger charge is 2.16. The molecule has 4 nitrogen and oxygen atoms in total. The third kappa shape index (κ3) is 2.88.